The highest BCUT2D eigenvalue weighted by Gasteiger charge is 2.21. The van der Waals surface area contributed by atoms with E-state index in [1.54, 1.807) is 24.3 Å². The number of hydrogen-bond donors (Lipinski definition) is 2. The van der Waals surface area contributed by atoms with Gasteiger partial charge in [0.1, 0.15) is 18.0 Å². The van der Waals surface area contributed by atoms with E-state index in [4.69, 9.17) is 0 Å². The molecular formula is C19H16N4O2. The maximum absolute atomic E-state index is 11.3. The Bertz CT molecular complexity index is 942. The highest BCUT2D eigenvalue weighted by molar-refractivity contribution is 5.95. The van der Waals surface area contributed by atoms with Crippen LogP contribution in [0.4, 0.5) is 23.0 Å². The lowest BCUT2D eigenvalue weighted by Gasteiger charge is -2.19. The van der Waals surface area contributed by atoms with Crippen molar-refractivity contribution >= 4 is 29.0 Å². The molecule has 2 heterocycles. The topological polar surface area (TPSA) is 78.4 Å². The van der Waals surface area contributed by atoms with Gasteiger partial charge in [-0.3, -0.25) is 0 Å². The molecule has 0 fully saturated rings. The number of para-hydroxylation sites is 2. The quantitative estimate of drug-likeness (QED) is 0.760. The SMILES string of the molecule is O=C(O)c1ccccc1Nc1cc(N2CCc3ccccc32)ncn1. The Morgan fingerprint density at radius 3 is 2.76 bits per heavy atom. The minimum Gasteiger partial charge on any atom is -0.478 e. The van der Waals surface area contributed by atoms with Gasteiger partial charge in [0.05, 0.1) is 11.3 Å². The number of carbonyl (C=O) groups is 1. The zero-order valence-electron chi connectivity index (χ0n) is 13.4. The van der Waals surface area contributed by atoms with Crippen molar-refractivity contribution in [2.75, 3.05) is 16.8 Å². The van der Waals surface area contributed by atoms with Crippen LogP contribution in [-0.4, -0.2) is 27.6 Å². The van der Waals surface area contributed by atoms with Crippen molar-refractivity contribution in [1.29, 1.82) is 0 Å². The summed E-state index contributed by atoms with van der Waals surface area (Å²) in [7, 11) is 0. The van der Waals surface area contributed by atoms with Crippen molar-refractivity contribution in [3.8, 4) is 0 Å². The van der Waals surface area contributed by atoms with Crippen LogP contribution in [0, 0.1) is 0 Å². The first kappa shape index (κ1) is 15.1. The summed E-state index contributed by atoms with van der Waals surface area (Å²) in [6.07, 6.45) is 2.47. The van der Waals surface area contributed by atoms with Crippen LogP contribution in [-0.2, 0) is 6.42 Å². The van der Waals surface area contributed by atoms with Gasteiger partial charge in [-0.1, -0.05) is 30.3 Å². The molecule has 0 saturated carbocycles. The number of hydrogen-bond acceptors (Lipinski definition) is 5. The number of aromatic nitrogens is 2. The van der Waals surface area contributed by atoms with Gasteiger partial charge in [-0.15, -0.1) is 0 Å². The molecule has 0 unspecified atom stereocenters. The Balaban J connectivity index is 1.64. The Hall–Kier alpha value is -3.41. The van der Waals surface area contributed by atoms with Crippen LogP contribution >= 0.6 is 0 Å². The van der Waals surface area contributed by atoms with Crippen molar-refractivity contribution < 1.29 is 9.90 Å². The molecule has 6 nitrogen and oxygen atoms in total. The molecule has 1 aliphatic rings. The summed E-state index contributed by atoms with van der Waals surface area (Å²) in [5, 5.41) is 12.4. The Morgan fingerprint density at radius 1 is 1.08 bits per heavy atom. The smallest absolute Gasteiger partial charge is 0.337 e. The molecule has 0 saturated heterocycles. The van der Waals surface area contributed by atoms with E-state index in [0.29, 0.717) is 11.5 Å². The second-order valence-corrected chi connectivity index (χ2v) is 5.77. The lowest BCUT2D eigenvalue weighted by atomic mass is 10.2. The molecule has 1 aliphatic heterocycles. The van der Waals surface area contributed by atoms with E-state index in [9.17, 15) is 9.90 Å². The van der Waals surface area contributed by atoms with E-state index in [0.717, 1.165) is 24.5 Å². The van der Waals surface area contributed by atoms with E-state index >= 15 is 0 Å². The van der Waals surface area contributed by atoms with Crippen molar-refractivity contribution in [2.24, 2.45) is 0 Å². The van der Waals surface area contributed by atoms with E-state index in [1.807, 2.05) is 18.2 Å². The zero-order chi connectivity index (χ0) is 17.2. The predicted molar refractivity (Wildman–Crippen MR) is 95.9 cm³/mol. The van der Waals surface area contributed by atoms with Crippen LogP contribution in [0.15, 0.2) is 60.9 Å². The number of aromatic carboxylic acids is 1. The number of anilines is 4. The minimum absolute atomic E-state index is 0.203. The third-order valence-corrected chi connectivity index (χ3v) is 4.24. The maximum Gasteiger partial charge on any atom is 0.337 e. The Morgan fingerprint density at radius 2 is 1.88 bits per heavy atom. The molecule has 1 aromatic heterocycles. The molecular weight excluding hydrogens is 316 g/mol. The van der Waals surface area contributed by atoms with Crippen LogP contribution in [0.2, 0.25) is 0 Å². The first-order chi connectivity index (χ1) is 12.2. The zero-order valence-corrected chi connectivity index (χ0v) is 13.4. The van der Waals surface area contributed by atoms with E-state index in [-0.39, 0.29) is 5.56 Å². The Kier molecular flexibility index (Phi) is 3.78. The van der Waals surface area contributed by atoms with Gasteiger partial charge in [0.2, 0.25) is 0 Å². The lowest BCUT2D eigenvalue weighted by molar-refractivity contribution is 0.0698. The van der Waals surface area contributed by atoms with Crippen molar-refractivity contribution in [3.63, 3.8) is 0 Å². The van der Waals surface area contributed by atoms with Gasteiger partial charge in [0, 0.05) is 18.3 Å². The normalized spacial score (nSPS) is 12.7. The summed E-state index contributed by atoms with van der Waals surface area (Å²) >= 11 is 0. The molecule has 0 aliphatic carbocycles. The van der Waals surface area contributed by atoms with Gasteiger partial charge in [-0.2, -0.15) is 0 Å². The molecule has 0 spiro atoms. The number of nitrogens with one attached hydrogen (secondary N) is 1. The summed E-state index contributed by atoms with van der Waals surface area (Å²) in [6, 6.07) is 16.9. The second-order valence-electron chi connectivity index (χ2n) is 5.77. The van der Waals surface area contributed by atoms with E-state index in [1.165, 1.54) is 11.9 Å². The van der Waals surface area contributed by atoms with Gasteiger partial charge in [-0.25, -0.2) is 14.8 Å². The fraction of sp³-hybridized carbons (Fsp3) is 0.105. The molecule has 124 valence electrons. The number of fused-ring (bicyclic) bond motifs is 1. The van der Waals surface area contributed by atoms with E-state index in [2.05, 4.69) is 32.3 Å². The molecule has 3 aromatic rings. The largest absolute Gasteiger partial charge is 0.478 e. The average molecular weight is 332 g/mol. The van der Waals surface area contributed by atoms with Crippen molar-refractivity contribution in [2.45, 2.75) is 6.42 Å². The summed E-state index contributed by atoms with van der Waals surface area (Å²) < 4.78 is 0. The summed E-state index contributed by atoms with van der Waals surface area (Å²) in [5.74, 6) is 0.365. The molecule has 2 aromatic carbocycles. The van der Waals surface area contributed by atoms with Gasteiger partial charge in [0.15, 0.2) is 0 Å². The highest BCUT2D eigenvalue weighted by Crippen LogP contribution is 2.33. The number of carboxylic acid groups (broad SMARTS) is 1. The van der Waals surface area contributed by atoms with Crippen LogP contribution in [0.25, 0.3) is 0 Å². The van der Waals surface area contributed by atoms with Crippen molar-refractivity contribution in [3.05, 3.63) is 72.1 Å². The molecule has 4 rings (SSSR count). The van der Waals surface area contributed by atoms with Gasteiger partial charge >= 0.3 is 5.97 Å². The fourth-order valence-electron chi connectivity index (χ4n) is 3.06. The number of carboxylic acids is 1. The molecule has 0 radical (unpaired) electrons. The highest BCUT2D eigenvalue weighted by atomic mass is 16.4. The lowest BCUT2D eigenvalue weighted by Crippen LogP contribution is -2.15. The van der Waals surface area contributed by atoms with Crippen LogP contribution < -0.4 is 10.2 Å². The summed E-state index contributed by atoms with van der Waals surface area (Å²) in [5.41, 5.74) is 3.15. The predicted octanol–water partition coefficient (Wildman–Crippen LogP) is 3.61. The summed E-state index contributed by atoms with van der Waals surface area (Å²) in [4.78, 5) is 22.1. The Labute approximate surface area is 144 Å². The maximum atomic E-state index is 11.3. The molecule has 6 heteroatoms. The molecule has 0 amide bonds. The minimum atomic E-state index is -0.981. The van der Waals surface area contributed by atoms with Crippen molar-refractivity contribution in [1.82, 2.24) is 9.97 Å². The van der Waals surface area contributed by atoms with Gasteiger partial charge in [0.25, 0.3) is 0 Å². The molecule has 0 atom stereocenters. The first-order valence-electron chi connectivity index (χ1n) is 7.99. The number of rotatable bonds is 4. The van der Waals surface area contributed by atoms with E-state index < -0.39 is 5.97 Å². The monoisotopic (exact) mass is 332 g/mol. The number of nitrogens with zero attached hydrogens (tertiary/aromatic N) is 3. The second kappa shape index (κ2) is 6.24. The third kappa shape index (κ3) is 2.89. The van der Waals surface area contributed by atoms with Crippen LogP contribution in [0.3, 0.4) is 0 Å². The molecule has 0 bridgehead atoms. The average Bonchev–Trinajstić information content (AvgIpc) is 3.06. The number of benzene rings is 2. The molecule has 25 heavy (non-hydrogen) atoms. The van der Waals surface area contributed by atoms with Gasteiger partial charge in [-0.05, 0) is 30.2 Å². The standard InChI is InChI=1S/C19H16N4O2/c24-19(25)14-6-2-3-7-15(14)22-17-11-18(21-12-20-17)23-10-9-13-5-1-4-8-16(13)23/h1-8,11-12H,9-10H2,(H,24,25)(H,20,21,22). The van der Waals surface area contributed by atoms with Crippen LogP contribution in [0.1, 0.15) is 15.9 Å². The van der Waals surface area contributed by atoms with Crippen LogP contribution in [0.5, 0.6) is 0 Å². The first-order valence-corrected chi connectivity index (χ1v) is 7.99. The summed E-state index contributed by atoms with van der Waals surface area (Å²) in [6.45, 7) is 0.863. The fourth-order valence-corrected chi connectivity index (χ4v) is 3.06. The third-order valence-electron chi connectivity index (χ3n) is 4.24. The molecule has 2 N–H and O–H groups in total. The van der Waals surface area contributed by atoms with Gasteiger partial charge < -0.3 is 15.3 Å².